The Balaban J connectivity index is 1.82. The van der Waals surface area contributed by atoms with Crippen molar-refractivity contribution >= 4 is 0 Å². The van der Waals surface area contributed by atoms with Crippen LogP contribution in [0.2, 0.25) is 0 Å². The number of allylic oxidation sites excluding steroid dienone is 2. The van der Waals surface area contributed by atoms with E-state index in [9.17, 15) is 15.3 Å². The van der Waals surface area contributed by atoms with Gasteiger partial charge in [0.05, 0.1) is 12.2 Å². The van der Waals surface area contributed by atoms with Crippen molar-refractivity contribution in [3.8, 4) is 0 Å². The summed E-state index contributed by atoms with van der Waals surface area (Å²) in [4.78, 5) is 0. The molecule has 0 spiro atoms. The maximum atomic E-state index is 11.1. The van der Waals surface area contributed by atoms with Gasteiger partial charge in [0.15, 0.2) is 0 Å². The van der Waals surface area contributed by atoms with E-state index in [0.717, 1.165) is 44.9 Å². The van der Waals surface area contributed by atoms with Gasteiger partial charge in [-0.2, -0.15) is 0 Å². The Labute approximate surface area is 134 Å². The molecule has 3 N–H and O–H groups in total. The topological polar surface area (TPSA) is 60.7 Å². The first-order chi connectivity index (χ1) is 10.4. The van der Waals surface area contributed by atoms with Gasteiger partial charge < -0.3 is 15.3 Å². The van der Waals surface area contributed by atoms with Crippen LogP contribution in [0, 0.1) is 28.6 Å². The van der Waals surface area contributed by atoms with Crippen LogP contribution in [0.1, 0.15) is 58.8 Å². The van der Waals surface area contributed by atoms with Gasteiger partial charge in [0.1, 0.15) is 0 Å². The molecule has 3 aliphatic rings. The highest BCUT2D eigenvalue weighted by molar-refractivity contribution is 5.15. The molecular formula is C19H32O3. The molecule has 3 unspecified atom stereocenters. The summed E-state index contributed by atoms with van der Waals surface area (Å²) in [6.07, 6.45) is 10.6. The van der Waals surface area contributed by atoms with Gasteiger partial charge in [-0.15, -0.1) is 0 Å². The second-order valence-electron chi connectivity index (χ2n) is 8.53. The molecule has 0 aromatic rings. The third kappa shape index (κ3) is 2.55. The van der Waals surface area contributed by atoms with Crippen LogP contribution in [0.4, 0.5) is 0 Å². The number of fused-ring (bicyclic) bond motifs is 1. The molecule has 0 bridgehead atoms. The second kappa shape index (κ2) is 5.92. The van der Waals surface area contributed by atoms with Crippen molar-refractivity contribution in [2.45, 2.75) is 71.0 Å². The number of hydrogen-bond donors (Lipinski definition) is 3. The Morgan fingerprint density at radius 1 is 1.09 bits per heavy atom. The Hall–Kier alpha value is -0.380. The molecule has 3 aliphatic carbocycles. The fourth-order valence-corrected chi connectivity index (χ4v) is 5.80. The minimum atomic E-state index is -0.254. The molecule has 0 saturated heterocycles. The molecule has 3 heteroatoms. The van der Waals surface area contributed by atoms with Crippen molar-refractivity contribution in [1.82, 2.24) is 0 Å². The Morgan fingerprint density at radius 3 is 2.59 bits per heavy atom. The van der Waals surface area contributed by atoms with E-state index in [2.05, 4.69) is 26.0 Å². The van der Waals surface area contributed by atoms with Crippen molar-refractivity contribution in [2.75, 3.05) is 6.61 Å². The zero-order valence-corrected chi connectivity index (χ0v) is 14.0. The molecule has 126 valence electrons. The number of rotatable bonds is 3. The summed E-state index contributed by atoms with van der Waals surface area (Å²) >= 11 is 0. The quantitative estimate of drug-likeness (QED) is 0.703. The van der Waals surface area contributed by atoms with Crippen molar-refractivity contribution < 1.29 is 15.3 Å². The van der Waals surface area contributed by atoms with Crippen LogP contribution in [0.15, 0.2) is 12.2 Å². The Morgan fingerprint density at radius 2 is 1.86 bits per heavy atom. The zero-order valence-electron chi connectivity index (χ0n) is 14.0. The molecular weight excluding hydrogens is 276 g/mol. The van der Waals surface area contributed by atoms with Crippen LogP contribution in [0.5, 0.6) is 0 Å². The third-order valence-electron chi connectivity index (χ3n) is 7.38. The van der Waals surface area contributed by atoms with Crippen molar-refractivity contribution in [2.24, 2.45) is 28.6 Å². The SMILES string of the molecule is C[C@]12C=CCC1[C@@H](O)C([C@@]1(C)CCC(O)C[C@@H]1CCO)CC2. The summed E-state index contributed by atoms with van der Waals surface area (Å²) in [5.41, 5.74) is 0.220. The molecule has 2 fully saturated rings. The molecule has 0 amide bonds. The fraction of sp³-hybridized carbons (Fsp3) is 0.895. The monoisotopic (exact) mass is 308 g/mol. The van der Waals surface area contributed by atoms with Crippen LogP contribution < -0.4 is 0 Å². The summed E-state index contributed by atoms with van der Waals surface area (Å²) in [5, 5.41) is 30.6. The Bertz CT molecular complexity index is 434. The first-order valence-electron chi connectivity index (χ1n) is 9.05. The lowest BCUT2D eigenvalue weighted by Crippen LogP contribution is -2.52. The first kappa shape index (κ1) is 16.5. The van der Waals surface area contributed by atoms with Gasteiger partial charge in [-0.1, -0.05) is 26.0 Å². The molecule has 0 heterocycles. The minimum Gasteiger partial charge on any atom is -0.396 e. The zero-order chi connectivity index (χ0) is 16.0. The summed E-state index contributed by atoms with van der Waals surface area (Å²) in [7, 11) is 0. The van der Waals surface area contributed by atoms with E-state index in [1.54, 1.807) is 0 Å². The highest BCUT2D eigenvalue weighted by Crippen LogP contribution is 2.58. The van der Waals surface area contributed by atoms with Crippen LogP contribution in [0.3, 0.4) is 0 Å². The molecule has 0 aromatic heterocycles. The van der Waals surface area contributed by atoms with Crippen molar-refractivity contribution in [3.63, 3.8) is 0 Å². The highest BCUT2D eigenvalue weighted by Gasteiger charge is 2.54. The lowest BCUT2D eigenvalue weighted by molar-refractivity contribution is -0.121. The fourth-order valence-electron chi connectivity index (χ4n) is 5.80. The molecule has 0 aromatic carbocycles. The summed E-state index contributed by atoms with van der Waals surface area (Å²) in [6, 6.07) is 0. The van der Waals surface area contributed by atoms with Gasteiger partial charge in [-0.3, -0.25) is 0 Å². The molecule has 7 atom stereocenters. The number of hydrogen-bond acceptors (Lipinski definition) is 3. The average molecular weight is 308 g/mol. The van der Waals surface area contributed by atoms with Gasteiger partial charge in [0.2, 0.25) is 0 Å². The molecule has 0 radical (unpaired) electrons. The lowest BCUT2D eigenvalue weighted by atomic mass is 9.51. The predicted molar refractivity (Wildman–Crippen MR) is 87.2 cm³/mol. The third-order valence-corrected chi connectivity index (χ3v) is 7.38. The van der Waals surface area contributed by atoms with Gasteiger partial charge in [0, 0.05) is 6.61 Å². The molecule has 2 saturated carbocycles. The first-order valence-corrected chi connectivity index (χ1v) is 9.05. The maximum Gasteiger partial charge on any atom is 0.0613 e. The normalized spacial score (nSPS) is 51.8. The summed E-state index contributed by atoms with van der Waals surface area (Å²) in [5.74, 6) is 0.971. The average Bonchev–Trinajstić information content (AvgIpc) is 2.86. The Kier molecular flexibility index (Phi) is 4.43. The van der Waals surface area contributed by atoms with Crippen LogP contribution >= 0.6 is 0 Å². The van der Waals surface area contributed by atoms with E-state index in [0.29, 0.717) is 17.8 Å². The van der Waals surface area contributed by atoms with E-state index in [-0.39, 0.29) is 29.6 Å². The van der Waals surface area contributed by atoms with E-state index >= 15 is 0 Å². The van der Waals surface area contributed by atoms with Crippen LogP contribution in [0.25, 0.3) is 0 Å². The van der Waals surface area contributed by atoms with E-state index in [1.807, 2.05) is 0 Å². The minimum absolute atomic E-state index is 0.0469. The molecule has 3 rings (SSSR count). The van der Waals surface area contributed by atoms with Gasteiger partial charge >= 0.3 is 0 Å². The highest BCUT2D eigenvalue weighted by atomic mass is 16.3. The number of aliphatic hydroxyl groups excluding tert-OH is 3. The largest absolute Gasteiger partial charge is 0.396 e. The summed E-state index contributed by atoms with van der Waals surface area (Å²) in [6.45, 7) is 4.77. The maximum absolute atomic E-state index is 11.1. The summed E-state index contributed by atoms with van der Waals surface area (Å²) < 4.78 is 0. The van der Waals surface area contributed by atoms with Crippen molar-refractivity contribution in [3.05, 3.63) is 12.2 Å². The lowest BCUT2D eigenvalue weighted by Gasteiger charge is -2.55. The standard InChI is InChI=1S/C19H32O3/c1-18-8-3-4-15(18)17(22)16(6-9-18)19(2)10-5-14(21)12-13(19)7-11-20/h3,8,13-17,20-22H,4-7,9-12H2,1-2H3/t13-,14?,15?,16?,17+,18+,19-/m0/s1. The molecule has 0 aliphatic heterocycles. The van der Waals surface area contributed by atoms with Crippen LogP contribution in [-0.2, 0) is 0 Å². The predicted octanol–water partition coefficient (Wildman–Crippen LogP) is 2.89. The molecule has 22 heavy (non-hydrogen) atoms. The van der Waals surface area contributed by atoms with E-state index in [4.69, 9.17) is 0 Å². The van der Waals surface area contributed by atoms with Gasteiger partial charge in [0.25, 0.3) is 0 Å². The number of aliphatic hydroxyl groups is 3. The van der Waals surface area contributed by atoms with Gasteiger partial charge in [-0.05, 0) is 73.5 Å². The van der Waals surface area contributed by atoms with E-state index < -0.39 is 0 Å². The van der Waals surface area contributed by atoms with Crippen LogP contribution in [-0.4, -0.2) is 34.1 Å². The van der Waals surface area contributed by atoms with E-state index in [1.165, 1.54) is 0 Å². The van der Waals surface area contributed by atoms with Crippen molar-refractivity contribution in [1.29, 1.82) is 0 Å². The molecule has 3 nitrogen and oxygen atoms in total. The van der Waals surface area contributed by atoms with Gasteiger partial charge in [-0.25, -0.2) is 0 Å². The second-order valence-corrected chi connectivity index (χ2v) is 8.53. The smallest absolute Gasteiger partial charge is 0.0613 e.